The van der Waals surface area contributed by atoms with Crippen molar-refractivity contribution in [2.45, 2.75) is 25.2 Å². The highest BCUT2D eigenvalue weighted by Crippen LogP contribution is 2.44. The smallest absolute Gasteiger partial charge is 0.247 e. The van der Waals surface area contributed by atoms with E-state index in [-0.39, 0.29) is 12.7 Å². The molecule has 5 rings (SSSR count). The fourth-order valence-electron chi connectivity index (χ4n) is 3.53. The molecule has 1 amide bonds. The molecule has 0 bridgehead atoms. The Morgan fingerprint density at radius 2 is 2.00 bits per heavy atom. The van der Waals surface area contributed by atoms with Crippen molar-refractivity contribution in [3.05, 3.63) is 48.0 Å². The molecule has 1 unspecified atom stereocenters. The number of benzene rings is 2. The molecule has 2 aliphatic rings. The molecular weight excluding hydrogens is 404 g/mol. The first kappa shape index (κ1) is 18.7. The average molecular weight is 422 g/mol. The molecule has 152 valence electrons. The van der Waals surface area contributed by atoms with E-state index in [0.717, 1.165) is 16.9 Å². The van der Waals surface area contributed by atoms with Gasteiger partial charge in [-0.05, 0) is 30.0 Å². The van der Waals surface area contributed by atoms with Gasteiger partial charge in [0.25, 0.3) is 0 Å². The number of aromatic nitrogens is 3. The van der Waals surface area contributed by atoms with Gasteiger partial charge in [-0.15, -0.1) is 10.2 Å². The maximum Gasteiger partial charge on any atom is 0.247 e. The Kier molecular flexibility index (Phi) is 4.66. The molecule has 3 aromatic rings. The van der Waals surface area contributed by atoms with Crippen molar-refractivity contribution >= 4 is 23.4 Å². The fourth-order valence-corrected chi connectivity index (χ4v) is 4.03. The molecule has 3 heterocycles. The van der Waals surface area contributed by atoms with Crippen molar-refractivity contribution in [1.82, 2.24) is 15.2 Å². The molecule has 2 aliphatic heterocycles. The molecule has 0 saturated heterocycles. The molecule has 2 aromatic carbocycles. The van der Waals surface area contributed by atoms with Crippen LogP contribution in [0.25, 0.3) is 11.3 Å². The molecule has 0 N–H and O–H groups in total. The van der Waals surface area contributed by atoms with Crippen LogP contribution in [0.1, 0.15) is 25.6 Å². The van der Waals surface area contributed by atoms with Crippen molar-refractivity contribution in [2.24, 2.45) is 0 Å². The van der Waals surface area contributed by atoms with Crippen LogP contribution in [0.2, 0.25) is 0 Å². The van der Waals surface area contributed by atoms with Gasteiger partial charge in [0, 0.05) is 18.1 Å². The first-order chi connectivity index (χ1) is 14.7. The summed E-state index contributed by atoms with van der Waals surface area (Å²) in [5.74, 6) is 2.24. The number of fused-ring (bicyclic) bond motifs is 4. The predicted molar refractivity (Wildman–Crippen MR) is 111 cm³/mol. The number of amides is 1. The number of ether oxygens (including phenoxy) is 3. The number of rotatable bonds is 3. The normalized spacial score (nSPS) is 16.3. The number of nitrogens with zero attached hydrogens (tertiary/aromatic N) is 4. The van der Waals surface area contributed by atoms with Crippen LogP contribution in [0.15, 0.2) is 47.6 Å². The molecule has 9 heteroatoms. The number of anilines is 1. The van der Waals surface area contributed by atoms with Crippen molar-refractivity contribution in [1.29, 1.82) is 0 Å². The molecule has 1 aromatic heterocycles. The van der Waals surface area contributed by atoms with Gasteiger partial charge in [0.15, 0.2) is 17.2 Å². The monoisotopic (exact) mass is 422 g/mol. The molecular formula is C21H18N4O4S. The topological polar surface area (TPSA) is 86.7 Å². The minimum absolute atomic E-state index is 0.168. The molecule has 30 heavy (non-hydrogen) atoms. The third-order valence-corrected chi connectivity index (χ3v) is 5.53. The molecule has 1 atom stereocenters. The SMILES string of the molecule is CCSc1nnc2c(n1)OC(c1ccc3c(c1)OCO3)N(C(C)=O)c1ccccc1-2. The second kappa shape index (κ2) is 7.49. The Hall–Kier alpha value is -3.33. The summed E-state index contributed by atoms with van der Waals surface area (Å²) in [7, 11) is 0. The van der Waals surface area contributed by atoms with Gasteiger partial charge < -0.3 is 14.2 Å². The van der Waals surface area contributed by atoms with E-state index < -0.39 is 6.23 Å². The van der Waals surface area contributed by atoms with Crippen LogP contribution < -0.4 is 19.1 Å². The van der Waals surface area contributed by atoms with Gasteiger partial charge in [-0.3, -0.25) is 9.69 Å². The zero-order valence-corrected chi connectivity index (χ0v) is 17.2. The summed E-state index contributed by atoms with van der Waals surface area (Å²) in [5, 5.41) is 9.12. The summed E-state index contributed by atoms with van der Waals surface area (Å²) >= 11 is 1.47. The van der Waals surface area contributed by atoms with Crippen LogP contribution in [0.3, 0.4) is 0 Å². The predicted octanol–water partition coefficient (Wildman–Crippen LogP) is 3.82. The Morgan fingerprint density at radius 1 is 1.17 bits per heavy atom. The van der Waals surface area contributed by atoms with Crippen LogP contribution in [0.5, 0.6) is 17.4 Å². The summed E-state index contributed by atoms with van der Waals surface area (Å²) in [6, 6.07) is 13.0. The molecule has 0 radical (unpaired) electrons. The minimum Gasteiger partial charge on any atom is -0.454 e. The van der Waals surface area contributed by atoms with Gasteiger partial charge in [0.2, 0.25) is 30.0 Å². The minimum atomic E-state index is -0.754. The quantitative estimate of drug-likeness (QED) is 0.589. The lowest BCUT2D eigenvalue weighted by atomic mass is 10.1. The Balaban J connectivity index is 1.70. The molecule has 0 saturated carbocycles. The van der Waals surface area contributed by atoms with E-state index in [0.29, 0.717) is 33.9 Å². The summed E-state index contributed by atoms with van der Waals surface area (Å²) in [6.45, 7) is 3.69. The van der Waals surface area contributed by atoms with Crippen molar-refractivity contribution in [3.8, 4) is 28.6 Å². The Labute approximate surface area is 177 Å². The van der Waals surface area contributed by atoms with Crippen molar-refractivity contribution in [3.63, 3.8) is 0 Å². The Bertz CT molecular complexity index is 1140. The second-order valence-electron chi connectivity index (χ2n) is 6.67. The third kappa shape index (κ3) is 3.11. The van der Waals surface area contributed by atoms with Gasteiger partial charge in [0.05, 0.1) is 5.69 Å². The number of carbonyl (C=O) groups excluding carboxylic acids is 1. The number of thioether (sulfide) groups is 1. The summed E-state index contributed by atoms with van der Waals surface area (Å²) < 4.78 is 17.3. The maximum absolute atomic E-state index is 12.8. The second-order valence-corrected chi connectivity index (χ2v) is 7.90. The number of para-hydroxylation sites is 1. The lowest BCUT2D eigenvalue weighted by Crippen LogP contribution is -2.36. The summed E-state index contributed by atoms with van der Waals surface area (Å²) in [5.41, 5.74) is 2.65. The van der Waals surface area contributed by atoms with E-state index in [2.05, 4.69) is 15.2 Å². The van der Waals surface area contributed by atoms with Crippen LogP contribution in [-0.4, -0.2) is 33.6 Å². The third-order valence-electron chi connectivity index (χ3n) is 4.81. The number of carbonyl (C=O) groups is 1. The van der Waals surface area contributed by atoms with Gasteiger partial charge in [-0.2, -0.15) is 4.98 Å². The van der Waals surface area contributed by atoms with Crippen LogP contribution >= 0.6 is 11.8 Å². The standard InChI is InChI=1S/C21H18N4O4S/c1-3-30-21-22-19-18(23-24-21)14-6-4-5-7-15(14)25(12(2)26)20(29-19)13-8-9-16-17(10-13)28-11-27-16/h4-10,20H,3,11H2,1-2H3. The van der Waals surface area contributed by atoms with E-state index in [9.17, 15) is 4.79 Å². The van der Waals surface area contributed by atoms with Gasteiger partial charge in [-0.25, -0.2) is 0 Å². The zero-order chi connectivity index (χ0) is 20.7. The maximum atomic E-state index is 12.8. The van der Waals surface area contributed by atoms with E-state index in [1.807, 2.05) is 49.4 Å². The van der Waals surface area contributed by atoms with Gasteiger partial charge in [0.1, 0.15) is 0 Å². The van der Waals surface area contributed by atoms with Gasteiger partial charge in [-0.1, -0.05) is 36.9 Å². The molecule has 0 aliphatic carbocycles. The number of hydrogen-bond acceptors (Lipinski definition) is 8. The van der Waals surface area contributed by atoms with Crippen LogP contribution in [0, 0.1) is 0 Å². The van der Waals surface area contributed by atoms with E-state index in [1.165, 1.54) is 18.7 Å². The molecule has 8 nitrogen and oxygen atoms in total. The highest BCUT2D eigenvalue weighted by Gasteiger charge is 2.35. The first-order valence-electron chi connectivity index (χ1n) is 9.48. The van der Waals surface area contributed by atoms with Crippen molar-refractivity contribution in [2.75, 3.05) is 17.4 Å². The van der Waals surface area contributed by atoms with E-state index in [1.54, 1.807) is 4.90 Å². The van der Waals surface area contributed by atoms with E-state index in [4.69, 9.17) is 14.2 Å². The molecule has 0 fully saturated rings. The Morgan fingerprint density at radius 3 is 2.83 bits per heavy atom. The van der Waals surface area contributed by atoms with Gasteiger partial charge >= 0.3 is 0 Å². The lowest BCUT2D eigenvalue weighted by molar-refractivity contribution is -0.118. The number of hydrogen-bond donors (Lipinski definition) is 0. The molecule has 0 spiro atoms. The van der Waals surface area contributed by atoms with E-state index >= 15 is 0 Å². The lowest BCUT2D eigenvalue weighted by Gasteiger charge is -2.29. The van der Waals surface area contributed by atoms with Crippen LogP contribution in [-0.2, 0) is 4.79 Å². The largest absolute Gasteiger partial charge is 0.454 e. The summed E-state index contributed by atoms with van der Waals surface area (Å²) in [4.78, 5) is 19.0. The first-order valence-corrected chi connectivity index (χ1v) is 10.5. The average Bonchev–Trinajstić information content (AvgIpc) is 3.16. The fraction of sp³-hybridized carbons (Fsp3) is 0.238. The van der Waals surface area contributed by atoms with Crippen LogP contribution in [0.4, 0.5) is 5.69 Å². The zero-order valence-electron chi connectivity index (χ0n) is 16.4. The highest BCUT2D eigenvalue weighted by atomic mass is 32.2. The summed E-state index contributed by atoms with van der Waals surface area (Å²) in [6.07, 6.45) is -0.754. The highest BCUT2D eigenvalue weighted by molar-refractivity contribution is 7.99. The van der Waals surface area contributed by atoms with Crippen molar-refractivity contribution < 1.29 is 19.0 Å².